The number of benzene rings is 1. The van der Waals surface area contributed by atoms with Crippen molar-refractivity contribution in [3.05, 3.63) is 68.0 Å². The van der Waals surface area contributed by atoms with Gasteiger partial charge in [0.2, 0.25) is 5.91 Å². The highest BCUT2D eigenvalue weighted by Gasteiger charge is 2.28. The topological polar surface area (TPSA) is 73.1 Å². The summed E-state index contributed by atoms with van der Waals surface area (Å²) in [6.45, 7) is -1.90. The molecule has 0 spiro atoms. The molecule has 0 aliphatic carbocycles. The summed E-state index contributed by atoms with van der Waals surface area (Å²) in [6.07, 6.45) is -2.84. The minimum atomic E-state index is -4.63. The van der Waals surface area contributed by atoms with Crippen molar-refractivity contribution in [2.45, 2.75) is 25.8 Å². The van der Waals surface area contributed by atoms with E-state index >= 15 is 0 Å². The van der Waals surface area contributed by atoms with E-state index in [1.165, 1.54) is 0 Å². The Hall–Kier alpha value is -2.55. The lowest BCUT2D eigenvalue weighted by Gasteiger charge is -2.11. The van der Waals surface area contributed by atoms with Gasteiger partial charge in [0.05, 0.1) is 0 Å². The van der Waals surface area contributed by atoms with E-state index in [9.17, 15) is 27.6 Å². The lowest BCUT2D eigenvalue weighted by atomic mass is 10.2. The largest absolute Gasteiger partial charge is 0.406 e. The number of hydrogen-bond acceptors (Lipinski definition) is 3. The molecule has 10 heteroatoms. The number of amides is 1. The first-order chi connectivity index (χ1) is 11.7. The lowest BCUT2D eigenvalue weighted by molar-refractivity contribution is -0.141. The van der Waals surface area contributed by atoms with Gasteiger partial charge in [-0.25, -0.2) is 0 Å². The summed E-state index contributed by atoms with van der Waals surface area (Å²) in [7, 11) is 0. The Kier molecular flexibility index (Phi) is 5.68. The molecule has 1 amide bonds. The van der Waals surface area contributed by atoms with Crippen LogP contribution in [0.25, 0.3) is 0 Å². The molecule has 6 nitrogen and oxygen atoms in total. The molecule has 0 saturated heterocycles. The third kappa shape index (κ3) is 5.49. The first-order valence-electron chi connectivity index (χ1n) is 7.03. The van der Waals surface area contributed by atoms with E-state index in [-0.39, 0.29) is 11.1 Å². The molecule has 2 rings (SSSR count). The zero-order valence-electron chi connectivity index (χ0n) is 12.7. The van der Waals surface area contributed by atoms with Gasteiger partial charge in [0.1, 0.15) is 13.1 Å². The van der Waals surface area contributed by atoms with Crippen LogP contribution in [0.1, 0.15) is 5.56 Å². The Balaban J connectivity index is 2.05. The molecular weight excluding hydrogens is 363 g/mol. The smallest absolute Gasteiger partial charge is 0.350 e. The van der Waals surface area contributed by atoms with Gasteiger partial charge < -0.3 is 9.88 Å². The summed E-state index contributed by atoms with van der Waals surface area (Å²) >= 11 is 5.81. The molecule has 1 N–H and O–H groups in total. The van der Waals surface area contributed by atoms with Crippen molar-refractivity contribution in [3.8, 4) is 0 Å². The second-order valence-electron chi connectivity index (χ2n) is 5.19. The molecule has 0 unspecified atom stereocenters. The Morgan fingerprint density at radius 1 is 1.12 bits per heavy atom. The summed E-state index contributed by atoms with van der Waals surface area (Å²) in [4.78, 5) is 35.3. The van der Waals surface area contributed by atoms with Crippen LogP contribution in [0.15, 0.2) is 46.2 Å². The minimum absolute atomic E-state index is 0.152. The van der Waals surface area contributed by atoms with Gasteiger partial charge in [-0.05, 0) is 17.7 Å². The molecule has 1 heterocycles. The van der Waals surface area contributed by atoms with Crippen molar-refractivity contribution in [1.82, 2.24) is 14.5 Å². The maximum Gasteiger partial charge on any atom is 0.406 e. The van der Waals surface area contributed by atoms with Crippen LogP contribution in [0.3, 0.4) is 0 Å². The summed E-state index contributed by atoms with van der Waals surface area (Å²) in [5, 5.41) is 3.02. The average Bonchev–Trinajstić information content (AvgIpc) is 2.52. The van der Waals surface area contributed by atoms with Crippen molar-refractivity contribution in [3.63, 3.8) is 0 Å². The fourth-order valence-corrected chi connectivity index (χ4v) is 2.26. The molecule has 2 aromatic rings. The Morgan fingerprint density at radius 3 is 2.40 bits per heavy atom. The van der Waals surface area contributed by atoms with Gasteiger partial charge in [-0.15, -0.1) is 0 Å². The van der Waals surface area contributed by atoms with Crippen LogP contribution in [0.2, 0.25) is 5.02 Å². The van der Waals surface area contributed by atoms with Crippen LogP contribution in [0, 0.1) is 0 Å². The normalized spacial score (nSPS) is 11.4. The molecule has 1 aromatic carbocycles. The van der Waals surface area contributed by atoms with E-state index in [4.69, 9.17) is 11.6 Å². The van der Waals surface area contributed by atoms with Gasteiger partial charge in [0.25, 0.3) is 0 Å². The van der Waals surface area contributed by atoms with Crippen LogP contribution in [-0.2, 0) is 24.4 Å². The predicted molar refractivity (Wildman–Crippen MR) is 84.3 cm³/mol. The first-order valence-corrected chi connectivity index (χ1v) is 7.41. The Labute approximate surface area is 144 Å². The number of halogens is 4. The van der Waals surface area contributed by atoms with Crippen molar-refractivity contribution in [2.24, 2.45) is 0 Å². The number of alkyl halides is 3. The van der Waals surface area contributed by atoms with E-state index in [2.05, 4.69) is 5.32 Å². The molecule has 25 heavy (non-hydrogen) atoms. The van der Waals surface area contributed by atoms with E-state index in [0.717, 1.165) is 22.5 Å². The molecule has 134 valence electrons. The zero-order valence-corrected chi connectivity index (χ0v) is 13.5. The van der Waals surface area contributed by atoms with Gasteiger partial charge in [0.15, 0.2) is 0 Å². The number of nitrogens with zero attached hydrogens (tertiary/aromatic N) is 2. The van der Waals surface area contributed by atoms with Crippen molar-refractivity contribution in [1.29, 1.82) is 0 Å². The highest BCUT2D eigenvalue weighted by molar-refractivity contribution is 6.30. The molecule has 0 atom stereocenters. The van der Waals surface area contributed by atoms with Gasteiger partial charge in [0, 0.05) is 24.0 Å². The summed E-state index contributed by atoms with van der Waals surface area (Å²) in [5.74, 6) is -0.574. The fourth-order valence-electron chi connectivity index (χ4n) is 2.04. The van der Waals surface area contributed by atoms with Gasteiger partial charge in [-0.2, -0.15) is 13.2 Å². The second kappa shape index (κ2) is 7.56. The van der Waals surface area contributed by atoms with Crippen LogP contribution in [0.4, 0.5) is 13.2 Å². The number of hydrogen-bond donors (Lipinski definition) is 1. The molecular formula is C15H13ClF3N3O3. The van der Waals surface area contributed by atoms with E-state index in [1.54, 1.807) is 24.3 Å². The summed E-state index contributed by atoms with van der Waals surface area (Å²) < 4.78 is 37.9. The van der Waals surface area contributed by atoms with E-state index < -0.39 is 36.3 Å². The Bertz CT molecular complexity index is 890. The maximum atomic E-state index is 12.3. The van der Waals surface area contributed by atoms with Crippen LogP contribution < -0.4 is 16.4 Å². The number of carbonyl (C=O) groups is 1. The second-order valence-corrected chi connectivity index (χ2v) is 5.62. The van der Waals surface area contributed by atoms with Crippen LogP contribution in [0.5, 0.6) is 0 Å². The Morgan fingerprint density at radius 2 is 1.76 bits per heavy atom. The predicted octanol–water partition coefficient (Wildman–Crippen LogP) is 1.54. The summed E-state index contributed by atoms with van der Waals surface area (Å²) in [6, 6.07) is 6.75. The van der Waals surface area contributed by atoms with E-state index in [1.807, 2.05) is 0 Å². The molecule has 0 saturated carbocycles. The highest BCUT2D eigenvalue weighted by atomic mass is 35.5. The molecule has 0 aliphatic rings. The third-order valence-electron chi connectivity index (χ3n) is 3.17. The average molecular weight is 376 g/mol. The SMILES string of the molecule is O=C(Cn1ccn(CC(F)(F)F)c(=O)c1=O)NCc1cccc(Cl)c1. The van der Waals surface area contributed by atoms with Crippen molar-refractivity contribution >= 4 is 17.5 Å². The van der Waals surface area contributed by atoms with Gasteiger partial charge in [-0.3, -0.25) is 19.0 Å². The molecule has 1 aromatic heterocycles. The van der Waals surface area contributed by atoms with Gasteiger partial charge in [-0.1, -0.05) is 23.7 Å². The third-order valence-corrected chi connectivity index (χ3v) is 3.41. The quantitative estimate of drug-likeness (QED) is 0.806. The van der Waals surface area contributed by atoms with Crippen LogP contribution >= 0.6 is 11.6 Å². The lowest BCUT2D eigenvalue weighted by Crippen LogP contribution is -2.44. The molecule has 0 bridgehead atoms. The zero-order chi connectivity index (χ0) is 18.6. The number of aromatic nitrogens is 2. The number of nitrogens with one attached hydrogen (secondary N) is 1. The first kappa shape index (κ1) is 18.8. The number of rotatable bonds is 5. The van der Waals surface area contributed by atoms with Crippen molar-refractivity contribution in [2.75, 3.05) is 0 Å². The van der Waals surface area contributed by atoms with Gasteiger partial charge >= 0.3 is 17.3 Å². The molecule has 0 aliphatic heterocycles. The maximum absolute atomic E-state index is 12.3. The fraction of sp³-hybridized carbons (Fsp3) is 0.267. The van der Waals surface area contributed by atoms with Crippen LogP contribution in [-0.4, -0.2) is 21.2 Å². The molecule has 0 radical (unpaired) electrons. The van der Waals surface area contributed by atoms with E-state index in [0.29, 0.717) is 5.02 Å². The minimum Gasteiger partial charge on any atom is -0.350 e. The molecule has 0 fully saturated rings. The summed E-state index contributed by atoms with van der Waals surface area (Å²) in [5.41, 5.74) is -1.82. The standard InChI is InChI=1S/C15H13ClF3N3O3/c16-11-3-1-2-10(6-11)7-20-12(23)8-21-4-5-22(9-15(17,18)19)14(25)13(21)24/h1-6H,7-9H2,(H,20,23). The number of carbonyl (C=O) groups excluding carboxylic acids is 1. The van der Waals surface area contributed by atoms with Crippen molar-refractivity contribution < 1.29 is 18.0 Å². The monoisotopic (exact) mass is 375 g/mol. The highest BCUT2D eigenvalue weighted by Crippen LogP contribution is 2.15.